The van der Waals surface area contributed by atoms with Gasteiger partial charge in [0, 0.05) is 6.54 Å². The van der Waals surface area contributed by atoms with Crippen LogP contribution < -0.4 is 4.72 Å². The van der Waals surface area contributed by atoms with Crippen LogP contribution in [0.25, 0.3) is 0 Å². The summed E-state index contributed by atoms with van der Waals surface area (Å²) in [5, 5.41) is 0. The third-order valence-electron chi connectivity index (χ3n) is 2.18. The van der Waals surface area contributed by atoms with E-state index in [2.05, 4.69) is 18.6 Å². The molecule has 0 aromatic rings. The number of hydrogen-bond acceptors (Lipinski definition) is 2. The van der Waals surface area contributed by atoms with Crippen molar-refractivity contribution in [3.8, 4) is 0 Å². The molecule has 0 aliphatic heterocycles. The highest BCUT2D eigenvalue weighted by Crippen LogP contribution is 2.11. The molecule has 0 spiro atoms. The van der Waals surface area contributed by atoms with Crippen LogP contribution in [0.4, 0.5) is 0 Å². The summed E-state index contributed by atoms with van der Waals surface area (Å²) in [4.78, 5) is 0. The minimum atomic E-state index is -3.00. The molecule has 0 bridgehead atoms. The molecule has 0 aliphatic rings. The molecule has 4 heteroatoms. The maximum Gasteiger partial charge on any atom is 0.208 e. The predicted molar refractivity (Wildman–Crippen MR) is 56.2 cm³/mol. The summed E-state index contributed by atoms with van der Waals surface area (Å²) in [6, 6.07) is 0. The number of nitrogens with one attached hydrogen (secondary N) is 1. The third kappa shape index (κ3) is 8.25. The maximum atomic E-state index is 10.8. The average Bonchev–Trinajstić information content (AvgIpc) is 2.03. The normalized spacial score (nSPS) is 14.4. The topological polar surface area (TPSA) is 46.2 Å². The first kappa shape index (κ1) is 12.9. The molecule has 0 radical (unpaired) electrons. The minimum absolute atomic E-state index is 0.495. The van der Waals surface area contributed by atoms with E-state index in [1.165, 1.54) is 19.1 Å². The number of rotatable bonds is 7. The largest absolute Gasteiger partial charge is 0.215 e. The van der Waals surface area contributed by atoms with Crippen molar-refractivity contribution in [2.45, 2.75) is 39.5 Å². The van der Waals surface area contributed by atoms with E-state index < -0.39 is 10.0 Å². The van der Waals surface area contributed by atoms with Gasteiger partial charge in [-0.2, -0.15) is 0 Å². The summed E-state index contributed by atoms with van der Waals surface area (Å²) in [5.41, 5.74) is 0. The lowest BCUT2D eigenvalue weighted by Gasteiger charge is -2.13. The quantitative estimate of drug-likeness (QED) is 0.691. The molecule has 1 N–H and O–H groups in total. The van der Waals surface area contributed by atoms with Gasteiger partial charge in [-0.3, -0.25) is 0 Å². The minimum Gasteiger partial charge on any atom is -0.215 e. The second-order valence-electron chi connectivity index (χ2n) is 3.54. The van der Waals surface area contributed by atoms with Crippen LogP contribution in [-0.4, -0.2) is 21.2 Å². The van der Waals surface area contributed by atoms with Crippen LogP contribution >= 0.6 is 0 Å². The molecule has 3 nitrogen and oxygen atoms in total. The summed E-state index contributed by atoms with van der Waals surface area (Å²) >= 11 is 0. The van der Waals surface area contributed by atoms with Gasteiger partial charge in [0.15, 0.2) is 0 Å². The highest BCUT2D eigenvalue weighted by molar-refractivity contribution is 7.88. The Labute approximate surface area is 82.0 Å². The van der Waals surface area contributed by atoms with E-state index in [9.17, 15) is 8.42 Å². The standard InChI is InChI=1S/C9H21NO2S/c1-4-6-7-9(5-2)8-10-13(3,11)12/h9-10H,4-8H2,1-3H3/t9-/m0/s1. The fourth-order valence-corrected chi connectivity index (χ4v) is 1.75. The average molecular weight is 207 g/mol. The Hall–Kier alpha value is -0.0900. The summed E-state index contributed by atoms with van der Waals surface area (Å²) in [6.45, 7) is 4.84. The lowest BCUT2D eigenvalue weighted by molar-refractivity contribution is 0.444. The van der Waals surface area contributed by atoms with Crippen molar-refractivity contribution >= 4 is 10.0 Å². The SMILES string of the molecule is CCCC[C@H](CC)CNS(C)(=O)=O. The molecule has 0 saturated heterocycles. The second kappa shape index (κ2) is 6.38. The zero-order chi connectivity index (χ0) is 10.3. The van der Waals surface area contributed by atoms with Crippen LogP contribution in [0.15, 0.2) is 0 Å². The van der Waals surface area contributed by atoms with Crippen molar-refractivity contribution in [3.63, 3.8) is 0 Å². The Morgan fingerprint density at radius 2 is 1.92 bits per heavy atom. The van der Waals surface area contributed by atoms with Gasteiger partial charge in [0.2, 0.25) is 10.0 Å². The predicted octanol–water partition coefficient (Wildman–Crippen LogP) is 1.75. The van der Waals surface area contributed by atoms with Gasteiger partial charge in [-0.05, 0) is 12.3 Å². The first-order valence-electron chi connectivity index (χ1n) is 4.94. The summed E-state index contributed by atoms with van der Waals surface area (Å²) in [7, 11) is -3.00. The van der Waals surface area contributed by atoms with Gasteiger partial charge >= 0.3 is 0 Å². The molecule has 13 heavy (non-hydrogen) atoms. The van der Waals surface area contributed by atoms with Gasteiger partial charge in [-0.1, -0.05) is 33.1 Å². The van der Waals surface area contributed by atoms with Crippen LogP contribution in [0, 0.1) is 5.92 Å². The van der Waals surface area contributed by atoms with Crippen LogP contribution in [-0.2, 0) is 10.0 Å². The molecule has 0 aliphatic carbocycles. The number of hydrogen-bond donors (Lipinski definition) is 1. The van der Waals surface area contributed by atoms with Gasteiger partial charge in [-0.15, -0.1) is 0 Å². The monoisotopic (exact) mass is 207 g/mol. The van der Waals surface area contributed by atoms with E-state index in [1.807, 2.05) is 0 Å². The molecule has 0 unspecified atom stereocenters. The fourth-order valence-electron chi connectivity index (χ4n) is 1.21. The van der Waals surface area contributed by atoms with Crippen molar-refractivity contribution in [3.05, 3.63) is 0 Å². The van der Waals surface area contributed by atoms with E-state index >= 15 is 0 Å². The molecule has 0 rings (SSSR count). The van der Waals surface area contributed by atoms with E-state index in [1.54, 1.807) is 0 Å². The van der Waals surface area contributed by atoms with E-state index in [0.717, 1.165) is 12.8 Å². The van der Waals surface area contributed by atoms with Gasteiger partial charge in [0.25, 0.3) is 0 Å². The summed E-state index contributed by atoms with van der Waals surface area (Å²) < 4.78 is 24.2. The fraction of sp³-hybridized carbons (Fsp3) is 1.00. The summed E-state index contributed by atoms with van der Waals surface area (Å²) in [6.07, 6.45) is 5.73. The molecule has 0 aromatic heterocycles. The molecule has 1 atom stereocenters. The Morgan fingerprint density at radius 1 is 1.31 bits per heavy atom. The Bertz CT molecular complexity index is 212. The first-order valence-corrected chi connectivity index (χ1v) is 6.83. The van der Waals surface area contributed by atoms with Crippen molar-refractivity contribution in [1.29, 1.82) is 0 Å². The van der Waals surface area contributed by atoms with Gasteiger partial charge < -0.3 is 0 Å². The Balaban J connectivity index is 3.72. The molecule has 0 heterocycles. The van der Waals surface area contributed by atoms with Crippen LogP contribution in [0.1, 0.15) is 39.5 Å². The van der Waals surface area contributed by atoms with Crippen LogP contribution in [0.5, 0.6) is 0 Å². The molecule has 80 valence electrons. The number of sulfonamides is 1. The lowest BCUT2D eigenvalue weighted by Crippen LogP contribution is -2.28. The van der Waals surface area contributed by atoms with Crippen LogP contribution in [0.3, 0.4) is 0 Å². The molecule has 0 aromatic carbocycles. The van der Waals surface area contributed by atoms with Crippen molar-refractivity contribution in [2.75, 3.05) is 12.8 Å². The maximum absolute atomic E-state index is 10.8. The van der Waals surface area contributed by atoms with Crippen molar-refractivity contribution < 1.29 is 8.42 Å². The molecular formula is C9H21NO2S. The molecule has 0 amide bonds. The second-order valence-corrected chi connectivity index (χ2v) is 5.37. The zero-order valence-corrected chi connectivity index (χ0v) is 9.65. The third-order valence-corrected chi connectivity index (χ3v) is 2.87. The highest BCUT2D eigenvalue weighted by Gasteiger charge is 2.08. The van der Waals surface area contributed by atoms with Gasteiger partial charge in [0.1, 0.15) is 0 Å². The molecule has 0 fully saturated rings. The van der Waals surface area contributed by atoms with Crippen molar-refractivity contribution in [2.24, 2.45) is 5.92 Å². The zero-order valence-electron chi connectivity index (χ0n) is 8.84. The van der Waals surface area contributed by atoms with Crippen LogP contribution in [0.2, 0.25) is 0 Å². The Morgan fingerprint density at radius 3 is 2.31 bits per heavy atom. The first-order chi connectivity index (χ1) is 5.99. The Kier molecular flexibility index (Phi) is 6.33. The van der Waals surface area contributed by atoms with E-state index in [4.69, 9.17) is 0 Å². The van der Waals surface area contributed by atoms with E-state index in [0.29, 0.717) is 12.5 Å². The summed E-state index contributed by atoms with van der Waals surface area (Å²) in [5.74, 6) is 0.495. The lowest BCUT2D eigenvalue weighted by atomic mass is 10.00. The molecule has 0 saturated carbocycles. The van der Waals surface area contributed by atoms with E-state index in [-0.39, 0.29) is 0 Å². The highest BCUT2D eigenvalue weighted by atomic mass is 32.2. The smallest absolute Gasteiger partial charge is 0.208 e. The molecular weight excluding hydrogens is 186 g/mol. The van der Waals surface area contributed by atoms with Crippen molar-refractivity contribution in [1.82, 2.24) is 4.72 Å². The van der Waals surface area contributed by atoms with Gasteiger partial charge in [0.05, 0.1) is 6.26 Å². The van der Waals surface area contributed by atoms with Gasteiger partial charge in [-0.25, -0.2) is 13.1 Å². The number of unbranched alkanes of at least 4 members (excludes halogenated alkanes) is 1.